The van der Waals surface area contributed by atoms with Crippen molar-refractivity contribution in [2.45, 2.75) is 25.5 Å². The van der Waals surface area contributed by atoms with Gasteiger partial charge in [0.15, 0.2) is 0 Å². The van der Waals surface area contributed by atoms with Gasteiger partial charge in [-0.3, -0.25) is 0 Å². The Morgan fingerprint density at radius 2 is 1.78 bits per heavy atom. The van der Waals surface area contributed by atoms with Crippen LogP contribution in [0.15, 0.2) is 36.4 Å². The van der Waals surface area contributed by atoms with Gasteiger partial charge in [0, 0.05) is 11.1 Å². The molecule has 23 heavy (non-hydrogen) atoms. The highest BCUT2D eigenvalue weighted by atomic mass is 35.5. The van der Waals surface area contributed by atoms with E-state index < -0.39 is 6.10 Å². The molecule has 0 amide bonds. The van der Waals surface area contributed by atoms with Crippen molar-refractivity contribution in [2.24, 2.45) is 0 Å². The van der Waals surface area contributed by atoms with Crippen molar-refractivity contribution in [3.63, 3.8) is 0 Å². The van der Waals surface area contributed by atoms with E-state index in [0.717, 1.165) is 11.1 Å². The minimum Gasteiger partial charge on any atom is -0.508 e. The van der Waals surface area contributed by atoms with Crippen molar-refractivity contribution >= 4 is 28.9 Å². The molecule has 0 aliphatic carbocycles. The highest BCUT2D eigenvalue weighted by molar-refractivity contribution is 6.35. The summed E-state index contributed by atoms with van der Waals surface area (Å²) in [7, 11) is 0. The molecule has 0 aliphatic heterocycles. The van der Waals surface area contributed by atoms with Crippen LogP contribution < -0.4 is 11.1 Å². The molecule has 2 aromatic carbocycles. The first-order chi connectivity index (χ1) is 10.9. The van der Waals surface area contributed by atoms with Crippen LogP contribution in [-0.4, -0.2) is 22.8 Å². The van der Waals surface area contributed by atoms with Crippen LogP contribution in [0, 0.1) is 0 Å². The van der Waals surface area contributed by atoms with Gasteiger partial charge < -0.3 is 21.3 Å². The third kappa shape index (κ3) is 4.75. The maximum Gasteiger partial charge on any atom is 0.115 e. The molecule has 2 aromatic rings. The second-order valence-electron chi connectivity index (χ2n) is 5.49. The fourth-order valence-corrected chi connectivity index (χ4v) is 2.75. The molecule has 5 N–H and O–H groups in total. The monoisotopic (exact) mass is 354 g/mol. The molecule has 0 radical (unpaired) electrons. The summed E-state index contributed by atoms with van der Waals surface area (Å²) in [5.74, 6) is 0.177. The second kappa shape index (κ2) is 7.88. The van der Waals surface area contributed by atoms with E-state index in [9.17, 15) is 10.2 Å². The smallest absolute Gasteiger partial charge is 0.115 e. The summed E-state index contributed by atoms with van der Waals surface area (Å²) in [4.78, 5) is 0. The lowest BCUT2D eigenvalue weighted by molar-refractivity contribution is 0.136. The summed E-state index contributed by atoms with van der Waals surface area (Å²) >= 11 is 12.2. The van der Waals surface area contributed by atoms with Gasteiger partial charge in [0.05, 0.1) is 16.8 Å². The minimum atomic E-state index is -0.666. The molecular formula is C17H20Cl2N2O2. The van der Waals surface area contributed by atoms with Gasteiger partial charge in [-0.1, -0.05) is 35.3 Å². The van der Waals surface area contributed by atoms with Crippen molar-refractivity contribution in [3.05, 3.63) is 57.6 Å². The Balaban J connectivity index is 1.90. The van der Waals surface area contributed by atoms with Crippen LogP contribution >= 0.6 is 23.2 Å². The van der Waals surface area contributed by atoms with Crippen LogP contribution in [0.4, 0.5) is 5.69 Å². The lowest BCUT2D eigenvalue weighted by atomic mass is 10.0. The Hall–Kier alpha value is -1.46. The average molecular weight is 355 g/mol. The first-order valence-corrected chi connectivity index (χ1v) is 8.08. The number of anilines is 1. The fourth-order valence-electron chi connectivity index (χ4n) is 2.30. The van der Waals surface area contributed by atoms with Crippen molar-refractivity contribution in [1.29, 1.82) is 0 Å². The molecule has 0 unspecified atom stereocenters. The quantitative estimate of drug-likeness (QED) is 0.598. The third-order valence-corrected chi connectivity index (χ3v) is 4.41. The Bertz CT molecular complexity index is 662. The fraction of sp³-hybridized carbons (Fsp3) is 0.294. The van der Waals surface area contributed by atoms with E-state index in [2.05, 4.69) is 5.32 Å². The number of nitrogen functional groups attached to an aromatic ring is 1. The number of nitrogens with two attached hydrogens (primary N) is 1. The number of aromatic hydroxyl groups is 1. The summed E-state index contributed by atoms with van der Waals surface area (Å²) in [5, 5.41) is 23.9. The average Bonchev–Trinajstić information content (AvgIpc) is 2.52. The molecule has 0 fully saturated rings. The Morgan fingerprint density at radius 1 is 1.13 bits per heavy atom. The van der Waals surface area contributed by atoms with Crippen LogP contribution in [0.2, 0.25) is 10.0 Å². The number of rotatable bonds is 6. The summed E-state index contributed by atoms with van der Waals surface area (Å²) in [6.07, 6.45) is 0.00643. The predicted octanol–water partition coefficient (Wildman–Crippen LogP) is 3.54. The molecule has 0 heterocycles. The van der Waals surface area contributed by atoms with E-state index >= 15 is 0 Å². The number of aliphatic hydroxyl groups excluding tert-OH is 1. The molecule has 4 nitrogen and oxygen atoms in total. The first-order valence-electron chi connectivity index (χ1n) is 7.32. The summed E-state index contributed by atoms with van der Waals surface area (Å²) in [6.45, 7) is 2.53. The number of benzene rings is 2. The van der Waals surface area contributed by atoms with Crippen molar-refractivity contribution in [3.8, 4) is 5.75 Å². The predicted molar refractivity (Wildman–Crippen MR) is 95.1 cm³/mol. The van der Waals surface area contributed by atoms with E-state index in [0.29, 0.717) is 28.7 Å². The number of halogens is 2. The molecule has 0 spiro atoms. The molecule has 2 rings (SSSR count). The number of hydrogen-bond acceptors (Lipinski definition) is 4. The number of phenols is 1. The standard InChI is InChI=1S/C17H20Cl2N2O2/c1-10(17(23)11-2-4-13(22)5-3-11)21-7-6-12-8-15(19)16(20)9-14(12)18/h2-5,8-10,17,21-23H,6-7,20H2,1H3/t10-,17-/m0/s1. The summed E-state index contributed by atoms with van der Waals surface area (Å²) in [6, 6.07) is 9.78. The minimum absolute atomic E-state index is 0.150. The first kappa shape index (κ1) is 17.9. The zero-order chi connectivity index (χ0) is 17.0. The zero-order valence-electron chi connectivity index (χ0n) is 12.8. The van der Waals surface area contributed by atoms with Crippen LogP contribution in [0.25, 0.3) is 0 Å². The number of hydrogen-bond donors (Lipinski definition) is 4. The molecule has 0 saturated heterocycles. The molecular weight excluding hydrogens is 335 g/mol. The van der Waals surface area contributed by atoms with E-state index in [-0.39, 0.29) is 11.8 Å². The van der Waals surface area contributed by atoms with Crippen molar-refractivity contribution in [2.75, 3.05) is 12.3 Å². The van der Waals surface area contributed by atoms with E-state index in [4.69, 9.17) is 28.9 Å². The van der Waals surface area contributed by atoms with Gasteiger partial charge in [-0.05, 0) is 55.3 Å². The van der Waals surface area contributed by atoms with Crippen LogP contribution in [0.3, 0.4) is 0 Å². The molecule has 2 atom stereocenters. The Morgan fingerprint density at radius 3 is 2.43 bits per heavy atom. The lowest BCUT2D eigenvalue weighted by Crippen LogP contribution is -2.33. The number of aliphatic hydroxyl groups is 1. The van der Waals surface area contributed by atoms with E-state index in [1.54, 1.807) is 36.4 Å². The molecule has 0 aliphatic rings. The normalized spacial score (nSPS) is 13.7. The summed E-state index contributed by atoms with van der Waals surface area (Å²) in [5.41, 5.74) is 7.81. The SMILES string of the molecule is C[C@H](NCCc1cc(Cl)c(N)cc1Cl)[C@H](O)c1ccc(O)cc1. The van der Waals surface area contributed by atoms with Gasteiger partial charge in [0.25, 0.3) is 0 Å². The van der Waals surface area contributed by atoms with Crippen LogP contribution in [0.5, 0.6) is 5.75 Å². The van der Waals surface area contributed by atoms with Crippen LogP contribution in [0.1, 0.15) is 24.2 Å². The third-order valence-electron chi connectivity index (χ3n) is 3.73. The Labute approximate surface area is 145 Å². The van der Waals surface area contributed by atoms with Gasteiger partial charge in [-0.25, -0.2) is 0 Å². The maximum atomic E-state index is 10.3. The van der Waals surface area contributed by atoms with Crippen molar-refractivity contribution < 1.29 is 10.2 Å². The highest BCUT2D eigenvalue weighted by Crippen LogP contribution is 2.27. The maximum absolute atomic E-state index is 10.3. The highest BCUT2D eigenvalue weighted by Gasteiger charge is 2.16. The second-order valence-corrected chi connectivity index (χ2v) is 6.31. The van der Waals surface area contributed by atoms with Gasteiger partial charge in [0.1, 0.15) is 5.75 Å². The van der Waals surface area contributed by atoms with Gasteiger partial charge >= 0.3 is 0 Å². The molecule has 0 saturated carbocycles. The van der Waals surface area contributed by atoms with E-state index in [1.807, 2.05) is 6.92 Å². The Kier molecular flexibility index (Phi) is 6.13. The lowest BCUT2D eigenvalue weighted by Gasteiger charge is -2.21. The topological polar surface area (TPSA) is 78.5 Å². The largest absolute Gasteiger partial charge is 0.508 e. The van der Waals surface area contributed by atoms with Gasteiger partial charge in [-0.2, -0.15) is 0 Å². The zero-order valence-corrected chi connectivity index (χ0v) is 14.3. The molecule has 124 valence electrons. The van der Waals surface area contributed by atoms with Crippen LogP contribution in [-0.2, 0) is 6.42 Å². The van der Waals surface area contributed by atoms with Gasteiger partial charge in [0.2, 0.25) is 0 Å². The van der Waals surface area contributed by atoms with Crippen molar-refractivity contribution in [1.82, 2.24) is 5.32 Å². The van der Waals surface area contributed by atoms with Gasteiger partial charge in [-0.15, -0.1) is 0 Å². The molecule has 6 heteroatoms. The molecule has 0 aromatic heterocycles. The number of nitrogens with one attached hydrogen (secondary N) is 1. The summed E-state index contributed by atoms with van der Waals surface area (Å²) < 4.78 is 0. The van der Waals surface area contributed by atoms with E-state index in [1.165, 1.54) is 0 Å². The molecule has 0 bridgehead atoms. The number of phenolic OH excluding ortho intramolecular Hbond substituents is 1.